The maximum atomic E-state index is 12.9. The average Bonchev–Trinajstić information content (AvgIpc) is 2.98. The number of ether oxygens (including phenoxy) is 6. The van der Waals surface area contributed by atoms with Crippen LogP contribution in [-0.4, -0.2) is 56.9 Å². The van der Waals surface area contributed by atoms with Crippen molar-refractivity contribution >= 4 is 33.3 Å². The van der Waals surface area contributed by atoms with E-state index in [-0.39, 0.29) is 11.5 Å². The number of nitrogens with one attached hydrogen (secondary N) is 2. The standard InChI is InChI=1S/C29H32N2O9S/c1-35-21-17-27(38-4)22(28(18-21)39-5)12-14-41(33,34)31-20-8-10-25(36-2)23(16-20)30-13-11-24(32)19-7-9-26(37-3)29(15-19)40-6/h7-18,30-31H,1-6H3/b13-11+,14-12+. The molecule has 0 amide bonds. The number of methoxy groups -OCH3 is 6. The second-order valence-electron chi connectivity index (χ2n) is 8.22. The zero-order valence-corrected chi connectivity index (χ0v) is 24.3. The van der Waals surface area contributed by atoms with E-state index in [4.69, 9.17) is 28.4 Å². The minimum atomic E-state index is -3.95. The fourth-order valence-electron chi connectivity index (χ4n) is 3.73. The molecule has 0 aromatic heterocycles. The Labute approximate surface area is 239 Å². The summed E-state index contributed by atoms with van der Waals surface area (Å²) in [6, 6.07) is 12.7. The van der Waals surface area contributed by atoms with E-state index in [0.717, 1.165) is 5.41 Å². The summed E-state index contributed by atoms with van der Waals surface area (Å²) in [6.07, 6.45) is 4.12. The quantitative estimate of drug-likeness (QED) is 0.198. The summed E-state index contributed by atoms with van der Waals surface area (Å²) in [5.74, 6) is 2.32. The van der Waals surface area contributed by atoms with Gasteiger partial charge in [-0.2, -0.15) is 0 Å². The molecule has 3 aromatic carbocycles. The Balaban J connectivity index is 1.78. The van der Waals surface area contributed by atoms with Crippen LogP contribution in [0.25, 0.3) is 6.08 Å². The van der Waals surface area contributed by atoms with Crippen molar-refractivity contribution in [3.63, 3.8) is 0 Å². The minimum Gasteiger partial charge on any atom is -0.496 e. The van der Waals surface area contributed by atoms with Gasteiger partial charge in [0, 0.05) is 30.0 Å². The lowest BCUT2D eigenvalue weighted by Crippen LogP contribution is -2.09. The second-order valence-corrected chi connectivity index (χ2v) is 9.79. The second kappa shape index (κ2) is 14.0. The van der Waals surface area contributed by atoms with Gasteiger partial charge >= 0.3 is 0 Å². The number of hydrogen-bond acceptors (Lipinski definition) is 10. The summed E-state index contributed by atoms with van der Waals surface area (Å²) in [5, 5.41) is 3.96. The largest absolute Gasteiger partial charge is 0.496 e. The lowest BCUT2D eigenvalue weighted by molar-refractivity contribution is 0.104. The van der Waals surface area contributed by atoms with E-state index in [2.05, 4.69) is 10.0 Å². The molecule has 0 saturated carbocycles. The summed E-state index contributed by atoms with van der Waals surface area (Å²) in [6.45, 7) is 0. The van der Waals surface area contributed by atoms with Gasteiger partial charge < -0.3 is 33.7 Å². The number of anilines is 2. The predicted octanol–water partition coefficient (Wildman–Crippen LogP) is 4.96. The number of sulfonamides is 1. The number of hydrogen-bond donors (Lipinski definition) is 2. The van der Waals surface area contributed by atoms with E-state index in [1.807, 2.05) is 0 Å². The molecule has 0 heterocycles. The zero-order valence-electron chi connectivity index (χ0n) is 23.5. The molecule has 0 radical (unpaired) electrons. The van der Waals surface area contributed by atoms with Crippen LogP contribution in [0.2, 0.25) is 0 Å². The normalized spacial score (nSPS) is 11.3. The van der Waals surface area contributed by atoms with E-state index in [1.165, 1.54) is 67.1 Å². The van der Waals surface area contributed by atoms with E-state index in [1.54, 1.807) is 42.5 Å². The minimum absolute atomic E-state index is 0.256. The highest BCUT2D eigenvalue weighted by atomic mass is 32.2. The van der Waals surface area contributed by atoms with Crippen molar-refractivity contribution in [2.45, 2.75) is 0 Å². The molecular formula is C29H32N2O9S. The van der Waals surface area contributed by atoms with Crippen molar-refractivity contribution in [1.29, 1.82) is 0 Å². The van der Waals surface area contributed by atoms with Crippen molar-refractivity contribution in [1.82, 2.24) is 0 Å². The van der Waals surface area contributed by atoms with Crippen LogP contribution in [0, 0.1) is 0 Å². The van der Waals surface area contributed by atoms with Gasteiger partial charge in [0.2, 0.25) is 0 Å². The molecule has 0 unspecified atom stereocenters. The number of rotatable bonds is 14. The number of ketones is 1. The van der Waals surface area contributed by atoms with Crippen molar-refractivity contribution in [2.75, 3.05) is 52.7 Å². The van der Waals surface area contributed by atoms with Crippen LogP contribution < -0.4 is 38.5 Å². The average molecular weight is 585 g/mol. The molecule has 3 aromatic rings. The first kappa shape index (κ1) is 30.7. The highest BCUT2D eigenvalue weighted by Gasteiger charge is 2.14. The SMILES string of the molecule is COc1cc(OC)c(/C=C/S(=O)(=O)Nc2ccc(OC)c(N/C=C/C(=O)c3ccc(OC)c(OC)c3)c2)c(OC)c1. The topological polar surface area (TPSA) is 131 Å². The Hall–Kier alpha value is -4.84. The lowest BCUT2D eigenvalue weighted by Gasteiger charge is -2.13. The van der Waals surface area contributed by atoms with E-state index in [0.29, 0.717) is 51.3 Å². The summed E-state index contributed by atoms with van der Waals surface area (Å²) in [5.41, 5.74) is 1.49. The van der Waals surface area contributed by atoms with Crippen LogP contribution in [0.4, 0.5) is 11.4 Å². The smallest absolute Gasteiger partial charge is 0.255 e. The molecule has 0 atom stereocenters. The third-order valence-electron chi connectivity index (χ3n) is 5.77. The maximum absolute atomic E-state index is 12.9. The predicted molar refractivity (Wildman–Crippen MR) is 157 cm³/mol. The number of benzene rings is 3. The van der Waals surface area contributed by atoms with E-state index >= 15 is 0 Å². The molecule has 0 saturated heterocycles. The van der Waals surface area contributed by atoms with Crippen LogP contribution in [0.3, 0.4) is 0 Å². The van der Waals surface area contributed by atoms with E-state index in [9.17, 15) is 13.2 Å². The van der Waals surface area contributed by atoms with Gasteiger partial charge in [-0.15, -0.1) is 0 Å². The molecule has 11 nitrogen and oxygen atoms in total. The van der Waals surface area contributed by atoms with Gasteiger partial charge in [-0.25, -0.2) is 8.42 Å². The van der Waals surface area contributed by atoms with Gasteiger partial charge in [0.1, 0.15) is 23.0 Å². The van der Waals surface area contributed by atoms with Gasteiger partial charge in [0.15, 0.2) is 17.3 Å². The molecule has 41 heavy (non-hydrogen) atoms. The first-order valence-electron chi connectivity index (χ1n) is 12.1. The summed E-state index contributed by atoms with van der Waals surface area (Å²) >= 11 is 0. The molecule has 0 aliphatic rings. The van der Waals surface area contributed by atoms with Gasteiger partial charge in [-0.3, -0.25) is 9.52 Å². The number of carbonyl (C=O) groups is 1. The summed E-state index contributed by atoms with van der Waals surface area (Å²) in [7, 11) is 4.94. The number of allylic oxidation sites excluding steroid dienone is 1. The Morgan fingerprint density at radius 1 is 0.707 bits per heavy atom. The molecule has 0 aliphatic carbocycles. The maximum Gasteiger partial charge on any atom is 0.255 e. The van der Waals surface area contributed by atoms with Crippen LogP contribution >= 0.6 is 0 Å². The van der Waals surface area contributed by atoms with Crippen molar-refractivity contribution in [2.24, 2.45) is 0 Å². The highest BCUT2D eigenvalue weighted by Crippen LogP contribution is 2.35. The van der Waals surface area contributed by atoms with Crippen LogP contribution in [0.15, 0.2) is 66.2 Å². The summed E-state index contributed by atoms with van der Waals surface area (Å²) in [4.78, 5) is 12.6. The fourth-order valence-corrected chi connectivity index (χ4v) is 4.57. The molecule has 0 fully saturated rings. The van der Waals surface area contributed by atoms with Gasteiger partial charge in [-0.05, 0) is 42.5 Å². The molecule has 218 valence electrons. The molecule has 0 aliphatic heterocycles. The first-order chi connectivity index (χ1) is 19.7. The van der Waals surface area contributed by atoms with Crippen LogP contribution in [0.1, 0.15) is 15.9 Å². The third kappa shape index (κ3) is 7.85. The molecule has 12 heteroatoms. The number of carbonyl (C=O) groups excluding carboxylic acids is 1. The molecule has 0 spiro atoms. The molecule has 0 bridgehead atoms. The van der Waals surface area contributed by atoms with E-state index < -0.39 is 10.0 Å². The molecule has 2 N–H and O–H groups in total. The first-order valence-corrected chi connectivity index (χ1v) is 13.6. The van der Waals surface area contributed by atoms with Crippen molar-refractivity contribution in [3.8, 4) is 34.5 Å². The Morgan fingerprint density at radius 3 is 1.90 bits per heavy atom. The Kier molecular flexibility index (Phi) is 10.5. The molecular weight excluding hydrogens is 552 g/mol. The van der Waals surface area contributed by atoms with Gasteiger partial charge in [-0.1, -0.05) is 0 Å². The highest BCUT2D eigenvalue weighted by molar-refractivity contribution is 7.95. The lowest BCUT2D eigenvalue weighted by atomic mass is 10.1. The Morgan fingerprint density at radius 2 is 1.32 bits per heavy atom. The Bertz CT molecular complexity index is 1520. The third-order valence-corrected chi connectivity index (χ3v) is 6.78. The summed E-state index contributed by atoms with van der Waals surface area (Å²) < 4.78 is 60.0. The molecule has 3 rings (SSSR count). The van der Waals surface area contributed by atoms with Crippen LogP contribution in [0.5, 0.6) is 34.5 Å². The van der Waals surface area contributed by atoms with Crippen molar-refractivity contribution < 1.29 is 41.6 Å². The van der Waals surface area contributed by atoms with Gasteiger partial charge in [0.05, 0.1) is 65.0 Å². The zero-order chi connectivity index (χ0) is 30.0. The monoisotopic (exact) mass is 584 g/mol. The fraction of sp³-hybridized carbons (Fsp3) is 0.207. The van der Waals surface area contributed by atoms with Crippen molar-refractivity contribution in [3.05, 3.63) is 77.3 Å². The van der Waals surface area contributed by atoms with Gasteiger partial charge in [0.25, 0.3) is 10.0 Å². The van der Waals surface area contributed by atoms with Crippen LogP contribution in [-0.2, 0) is 10.0 Å².